The molecule has 0 aliphatic carbocycles. The van der Waals surface area contributed by atoms with Gasteiger partial charge in [0.1, 0.15) is 6.61 Å². The van der Waals surface area contributed by atoms with Crippen molar-refractivity contribution in [2.75, 3.05) is 6.61 Å². The molecule has 0 aliphatic heterocycles. The molecule has 2 N–H and O–H groups in total. The summed E-state index contributed by atoms with van der Waals surface area (Å²) in [4.78, 5) is 12.1. The first kappa shape index (κ1) is 20.9. The second-order valence-electron chi connectivity index (χ2n) is 7.01. The number of hydrogen-bond donors (Lipinski definition) is 2. The van der Waals surface area contributed by atoms with Gasteiger partial charge in [-0.15, -0.1) is 0 Å². The summed E-state index contributed by atoms with van der Waals surface area (Å²) in [6.45, 7) is 4.85. The zero-order valence-electron chi connectivity index (χ0n) is 16.0. The summed E-state index contributed by atoms with van der Waals surface area (Å²) in [7, 11) is 0. The fourth-order valence-electron chi connectivity index (χ4n) is 2.72. The Balaban J connectivity index is 1.80. The number of carbonyl (C=O) groups excluding carboxylic acids is 1. The minimum atomic E-state index is -0.805. The van der Waals surface area contributed by atoms with Crippen LogP contribution in [0.5, 0.6) is 0 Å². The standard InChI is InChI=1S/C22H29NO4/c1-17(2)13-20(21(24)16-26-14-18-9-5-3-6-10-18)23-22(25)27-15-19-11-7-4-8-12-19/h3-12,17,20-21,24H,13-16H2,1-2H3,(H,23,25)/t20-,21?/m0/s1. The SMILES string of the molecule is CC(C)C[C@H](NC(=O)OCc1ccccc1)C(O)COCc1ccccc1. The van der Waals surface area contributed by atoms with Crippen molar-refractivity contribution in [1.82, 2.24) is 5.32 Å². The van der Waals surface area contributed by atoms with Gasteiger partial charge in [-0.2, -0.15) is 0 Å². The summed E-state index contributed by atoms with van der Waals surface area (Å²) < 4.78 is 10.9. The number of nitrogens with one attached hydrogen (secondary N) is 1. The van der Waals surface area contributed by atoms with Crippen molar-refractivity contribution in [3.8, 4) is 0 Å². The molecule has 0 saturated carbocycles. The lowest BCUT2D eigenvalue weighted by atomic mass is 9.99. The van der Waals surface area contributed by atoms with Gasteiger partial charge < -0.3 is 19.9 Å². The molecule has 2 rings (SSSR count). The number of amides is 1. The molecular formula is C22H29NO4. The maximum atomic E-state index is 12.1. The Morgan fingerprint density at radius 2 is 1.52 bits per heavy atom. The van der Waals surface area contributed by atoms with E-state index < -0.39 is 18.2 Å². The van der Waals surface area contributed by atoms with Gasteiger partial charge in [0.15, 0.2) is 0 Å². The van der Waals surface area contributed by atoms with Crippen molar-refractivity contribution in [1.29, 1.82) is 0 Å². The molecule has 5 heteroatoms. The summed E-state index contributed by atoms with van der Waals surface area (Å²) in [5.74, 6) is 0.313. The average Bonchev–Trinajstić information content (AvgIpc) is 2.67. The Kier molecular flexibility index (Phi) is 8.81. The van der Waals surface area contributed by atoms with Gasteiger partial charge in [0, 0.05) is 0 Å². The van der Waals surface area contributed by atoms with Crippen molar-refractivity contribution in [3.05, 3.63) is 71.8 Å². The Morgan fingerprint density at radius 1 is 0.963 bits per heavy atom. The van der Waals surface area contributed by atoms with E-state index >= 15 is 0 Å². The monoisotopic (exact) mass is 371 g/mol. The zero-order valence-corrected chi connectivity index (χ0v) is 16.0. The summed E-state index contributed by atoms with van der Waals surface area (Å²) in [5.41, 5.74) is 1.96. The number of carbonyl (C=O) groups is 1. The van der Waals surface area contributed by atoms with E-state index in [1.165, 1.54) is 0 Å². The Bertz CT molecular complexity index is 661. The van der Waals surface area contributed by atoms with E-state index in [1.807, 2.05) is 74.5 Å². The molecule has 5 nitrogen and oxygen atoms in total. The first-order valence-electron chi connectivity index (χ1n) is 9.31. The Labute approximate surface area is 161 Å². The normalized spacial score (nSPS) is 13.2. The third kappa shape index (κ3) is 8.24. The highest BCUT2D eigenvalue weighted by atomic mass is 16.5. The lowest BCUT2D eigenvalue weighted by molar-refractivity contribution is 0.00465. The second kappa shape index (κ2) is 11.4. The molecule has 0 spiro atoms. The van der Waals surface area contributed by atoms with Crippen LogP contribution in [0.3, 0.4) is 0 Å². The highest BCUT2D eigenvalue weighted by molar-refractivity contribution is 5.67. The van der Waals surface area contributed by atoms with Gasteiger partial charge in [0.2, 0.25) is 0 Å². The summed E-state index contributed by atoms with van der Waals surface area (Å²) in [6.07, 6.45) is -0.706. The minimum Gasteiger partial charge on any atom is -0.445 e. The van der Waals surface area contributed by atoms with Crippen molar-refractivity contribution in [2.24, 2.45) is 5.92 Å². The molecular weight excluding hydrogens is 342 g/mol. The van der Waals surface area contributed by atoms with Gasteiger partial charge in [-0.3, -0.25) is 0 Å². The predicted molar refractivity (Wildman–Crippen MR) is 105 cm³/mol. The van der Waals surface area contributed by atoms with E-state index in [4.69, 9.17) is 9.47 Å². The molecule has 1 amide bonds. The lowest BCUT2D eigenvalue weighted by Gasteiger charge is -2.25. The summed E-state index contributed by atoms with van der Waals surface area (Å²) >= 11 is 0. The first-order valence-corrected chi connectivity index (χ1v) is 9.31. The molecule has 0 radical (unpaired) electrons. The van der Waals surface area contributed by atoms with Crippen molar-refractivity contribution in [3.63, 3.8) is 0 Å². The number of hydrogen-bond acceptors (Lipinski definition) is 4. The fourth-order valence-corrected chi connectivity index (χ4v) is 2.72. The highest BCUT2D eigenvalue weighted by Gasteiger charge is 2.23. The predicted octanol–water partition coefficient (Wildman–Crippen LogP) is 3.91. The molecule has 0 fully saturated rings. The van der Waals surface area contributed by atoms with Crippen LogP contribution in [0.1, 0.15) is 31.4 Å². The topological polar surface area (TPSA) is 67.8 Å². The van der Waals surface area contributed by atoms with Crippen molar-refractivity contribution < 1.29 is 19.4 Å². The summed E-state index contributed by atoms with van der Waals surface area (Å²) in [5, 5.41) is 13.3. The van der Waals surface area contributed by atoms with E-state index in [-0.39, 0.29) is 13.2 Å². The quantitative estimate of drug-likeness (QED) is 0.665. The van der Waals surface area contributed by atoms with Crippen LogP contribution in [0.4, 0.5) is 4.79 Å². The van der Waals surface area contributed by atoms with Crippen molar-refractivity contribution in [2.45, 2.75) is 45.6 Å². The van der Waals surface area contributed by atoms with Gasteiger partial charge in [-0.25, -0.2) is 4.79 Å². The number of rotatable bonds is 10. The van der Waals surface area contributed by atoms with Crippen LogP contribution in [0.25, 0.3) is 0 Å². The van der Waals surface area contributed by atoms with Gasteiger partial charge in [-0.1, -0.05) is 74.5 Å². The van der Waals surface area contributed by atoms with Crippen molar-refractivity contribution >= 4 is 6.09 Å². The molecule has 0 saturated heterocycles. The maximum Gasteiger partial charge on any atom is 0.407 e. The van der Waals surface area contributed by atoms with E-state index in [0.29, 0.717) is 18.9 Å². The molecule has 2 aromatic carbocycles. The maximum absolute atomic E-state index is 12.1. The van der Waals surface area contributed by atoms with Gasteiger partial charge in [0.25, 0.3) is 0 Å². The van der Waals surface area contributed by atoms with Gasteiger partial charge >= 0.3 is 6.09 Å². The Hall–Kier alpha value is -2.37. The average molecular weight is 371 g/mol. The number of aliphatic hydroxyl groups is 1. The molecule has 1 unspecified atom stereocenters. The molecule has 0 aromatic heterocycles. The number of alkyl carbamates (subject to hydrolysis) is 1. The molecule has 27 heavy (non-hydrogen) atoms. The smallest absolute Gasteiger partial charge is 0.407 e. The number of benzene rings is 2. The van der Waals surface area contributed by atoms with Crippen LogP contribution < -0.4 is 5.32 Å². The third-order valence-electron chi connectivity index (χ3n) is 4.11. The van der Waals surface area contributed by atoms with Crippen LogP contribution in [0.15, 0.2) is 60.7 Å². The van der Waals surface area contributed by atoms with E-state index in [1.54, 1.807) is 0 Å². The van der Waals surface area contributed by atoms with Crippen LogP contribution in [-0.2, 0) is 22.7 Å². The second-order valence-corrected chi connectivity index (χ2v) is 7.01. The molecule has 2 atom stereocenters. The number of aliphatic hydroxyl groups excluding tert-OH is 1. The number of ether oxygens (including phenoxy) is 2. The minimum absolute atomic E-state index is 0.144. The van der Waals surface area contributed by atoms with Gasteiger partial charge in [-0.05, 0) is 23.5 Å². The van der Waals surface area contributed by atoms with Crippen LogP contribution in [-0.4, -0.2) is 30.0 Å². The summed E-state index contributed by atoms with van der Waals surface area (Å²) in [6, 6.07) is 18.8. The van der Waals surface area contributed by atoms with Crippen LogP contribution in [0, 0.1) is 5.92 Å². The van der Waals surface area contributed by atoms with Gasteiger partial charge in [0.05, 0.1) is 25.4 Å². The Morgan fingerprint density at radius 3 is 2.07 bits per heavy atom. The highest BCUT2D eigenvalue weighted by Crippen LogP contribution is 2.11. The first-order chi connectivity index (χ1) is 13.0. The zero-order chi connectivity index (χ0) is 19.5. The van der Waals surface area contributed by atoms with Crippen LogP contribution in [0.2, 0.25) is 0 Å². The molecule has 2 aromatic rings. The molecule has 0 heterocycles. The van der Waals surface area contributed by atoms with E-state index in [9.17, 15) is 9.90 Å². The fraction of sp³-hybridized carbons (Fsp3) is 0.409. The largest absolute Gasteiger partial charge is 0.445 e. The van der Waals surface area contributed by atoms with Crippen LogP contribution >= 0.6 is 0 Å². The van der Waals surface area contributed by atoms with E-state index in [2.05, 4.69) is 5.32 Å². The molecule has 0 bridgehead atoms. The van der Waals surface area contributed by atoms with E-state index in [0.717, 1.165) is 11.1 Å². The molecule has 146 valence electrons. The third-order valence-corrected chi connectivity index (χ3v) is 4.11. The molecule has 0 aliphatic rings. The lowest BCUT2D eigenvalue weighted by Crippen LogP contribution is -2.46.